The van der Waals surface area contributed by atoms with E-state index in [0.29, 0.717) is 38.9 Å². The van der Waals surface area contributed by atoms with Crippen LogP contribution in [0.1, 0.15) is 53.4 Å². The van der Waals surface area contributed by atoms with Crippen LogP contribution in [0, 0.1) is 12.8 Å². The second-order valence-electron chi connectivity index (χ2n) is 7.16. The number of aliphatic hydroxyl groups is 1. The lowest BCUT2D eigenvalue weighted by Crippen LogP contribution is -2.15. The first-order valence-electron chi connectivity index (χ1n) is 8.96. The Morgan fingerprint density at radius 2 is 1.96 bits per heavy atom. The number of ether oxygens (including phenoxy) is 3. The molecule has 1 aliphatic heterocycles. The summed E-state index contributed by atoms with van der Waals surface area (Å²) in [5.74, 6) is 0.554. The SMILES string of the molecule is COc1c([C@@H](O)CC(C)C)ccc2c1C(=O)OCc1c(cc(Cl)c(C)c1Cl)O2. The van der Waals surface area contributed by atoms with E-state index >= 15 is 0 Å². The smallest absolute Gasteiger partial charge is 0.346 e. The molecule has 0 saturated carbocycles. The standard InChI is InChI=1S/C21H22Cl2O5/c1-10(2)7-15(24)12-5-6-16-18(20(12)26-4)21(25)27-9-13-17(28-16)8-14(22)11(3)19(13)23/h5-6,8,10,15,24H,7,9H2,1-4H3/t15-/m0/s1. The zero-order valence-corrected chi connectivity index (χ0v) is 17.6. The maximum atomic E-state index is 12.8. The van der Waals surface area contributed by atoms with Gasteiger partial charge in [-0.3, -0.25) is 0 Å². The molecule has 0 aliphatic carbocycles. The van der Waals surface area contributed by atoms with E-state index in [9.17, 15) is 9.90 Å². The third-order valence-electron chi connectivity index (χ3n) is 4.69. The van der Waals surface area contributed by atoms with Crippen LogP contribution >= 0.6 is 23.2 Å². The molecule has 5 nitrogen and oxygen atoms in total. The Morgan fingerprint density at radius 1 is 1.25 bits per heavy atom. The number of esters is 1. The molecule has 0 aromatic heterocycles. The first-order chi connectivity index (χ1) is 13.2. The lowest BCUT2D eigenvalue weighted by atomic mass is 9.96. The van der Waals surface area contributed by atoms with E-state index in [4.69, 9.17) is 37.4 Å². The normalized spacial score (nSPS) is 14.4. The summed E-state index contributed by atoms with van der Waals surface area (Å²) < 4.78 is 16.9. The molecule has 0 saturated heterocycles. The molecule has 0 radical (unpaired) electrons. The highest BCUT2D eigenvalue weighted by Crippen LogP contribution is 2.44. The second-order valence-corrected chi connectivity index (χ2v) is 7.94. The minimum absolute atomic E-state index is 0.0631. The maximum absolute atomic E-state index is 12.8. The largest absolute Gasteiger partial charge is 0.495 e. The van der Waals surface area contributed by atoms with E-state index in [1.807, 2.05) is 13.8 Å². The molecule has 0 fully saturated rings. The average molecular weight is 425 g/mol. The molecule has 2 aromatic rings. The summed E-state index contributed by atoms with van der Waals surface area (Å²) in [7, 11) is 1.44. The van der Waals surface area contributed by atoms with Crippen molar-refractivity contribution in [3.05, 3.63) is 50.5 Å². The van der Waals surface area contributed by atoms with Crippen LogP contribution in [0.2, 0.25) is 10.0 Å². The van der Waals surface area contributed by atoms with Crippen molar-refractivity contribution in [1.82, 2.24) is 0 Å². The summed E-state index contributed by atoms with van der Waals surface area (Å²) in [6.07, 6.45) is -0.254. The molecule has 1 N–H and O–H groups in total. The molecule has 1 heterocycles. The van der Waals surface area contributed by atoms with Crippen LogP contribution in [0.5, 0.6) is 17.2 Å². The Kier molecular flexibility index (Phi) is 6.08. The third-order valence-corrected chi connectivity index (χ3v) is 5.59. The summed E-state index contributed by atoms with van der Waals surface area (Å²) >= 11 is 12.6. The predicted molar refractivity (Wildman–Crippen MR) is 108 cm³/mol. The molecular weight excluding hydrogens is 403 g/mol. The molecule has 28 heavy (non-hydrogen) atoms. The van der Waals surface area contributed by atoms with Gasteiger partial charge >= 0.3 is 5.97 Å². The number of rotatable bonds is 4. The van der Waals surface area contributed by atoms with Gasteiger partial charge in [-0.2, -0.15) is 0 Å². The highest BCUT2D eigenvalue weighted by molar-refractivity contribution is 6.36. The number of aliphatic hydroxyl groups excluding tert-OH is 1. The van der Waals surface area contributed by atoms with Gasteiger partial charge < -0.3 is 19.3 Å². The molecular formula is C21H22Cl2O5. The molecule has 0 spiro atoms. The van der Waals surface area contributed by atoms with Crippen molar-refractivity contribution >= 4 is 29.2 Å². The van der Waals surface area contributed by atoms with Crippen molar-refractivity contribution < 1.29 is 24.1 Å². The van der Waals surface area contributed by atoms with E-state index in [0.717, 1.165) is 0 Å². The Bertz CT molecular complexity index is 924. The predicted octanol–water partition coefficient (Wildman–Crippen LogP) is 5.85. The molecule has 7 heteroatoms. The summed E-state index contributed by atoms with van der Waals surface area (Å²) in [6.45, 7) is 5.73. The summed E-state index contributed by atoms with van der Waals surface area (Å²) in [6, 6.07) is 4.96. The van der Waals surface area contributed by atoms with Gasteiger partial charge in [0.15, 0.2) is 0 Å². The number of methoxy groups -OCH3 is 1. The zero-order chi connectivity index (χ0) is 20.6. The van der Waals surface area contributed by atoms with Gasteiger partial charge in [-0.05, 0) is 37.0 Å². The van der Waals surface area contributed by atoms with E-state index in [1.165, 1.54) is 7.11 Å². The average Bonchev–Trinajstić information content (AvgIpc) is 2.63. The fraction of sp³-hybridized carbons (Fsp3) is 0.381. The Morgan fingerprint density at radius 3 is 2.61 bits per heavy atom. The lowest BCUT2D eigenvalue weighted by Gasteiger charge is -2.24. The number of hydrogen-bond acceptors (Lipinski definition) is 5. The summed E-state index contributed by atoms with van der Waals surface area (Å²) in [5, 5.41) is 11.4. The van der Waals surface area contributed by atoms with Crippen LogP contribution < -0.4 is 9.47 Å². The Balaban J connectivity index is 2.15. The monoisotopic (exact) mass is 424 g/mol. The fourth-order valence-corrected chi connectivity index (χ4v) is 3.71. The van der Waals surface area contributed by atoms with Crippen molar-refractivity contribution in [2.75, 3.05) is 7.11 Å². The van der Waals surface area contributed by atoms with E-state index in [2.05, 4.69) is 0 Å². The van der Waals surface area contributed by atoms with Gasteiger partial charge in [0.2, 0.25) is 0 Å². The molecule has 0 bridgehead atoms. The van der Waals surface area contributed by atoms with Gasteiger partial charge in [-0.15, -0.1) is 0 Å². The first-order valence-corrected chi connectivity index (χ1v) is 9.71. The van der Waals surface area contributed by atoms with Crippen molar-refractivity contribution in [3.63, 3.8) is 0 Å². The lowest BCUT2D eigenvalue weighted by molar-refractivity contribution is 0.0455. The minimum Gasteiger partial charge on any atom is -0.495 e. The molecule has 0 unspecified atom stereocenters. The van der Waals surface area contributed by atoms with Crippen molar-refractivity contribution in [2.24, 2.45) is 5.92 Å². The Labute approximate surface area is 174 Å². The summed E-state index contributed by atoms with van der Waals surface area (Å²) in [4.78, 5) is 12.8. The van der Waals surface area contributed by atoms with Crippen LogP contribution in [0.4, 0.5) is 0 Å². The molecule has 2 aromatic carbocycles. The molecule has 0 amide bonds. The number of cyclic esters (lactones) is 1. The molecule has 1 aliphatic rings. The number of hydrogen-bond donors (Lipinski definition) is 1. The number of carbonyl (C=O) groups is 1. The Hall–Kier alpha value is -1.95. The third kappa shape index (κ3) is 3.79. The van der Waals surface area contributed by atoms with Crippen LogP contribution in [-0.2, 0) is 11.3 Å². The second kappa shape index (κ2) is 8.19. The van der Waals surface area contributed by atoms with E-state index < -0.39 is 12.1 Å². The van der Waals surface area contributed by atoms with E-state index in [-0.39, 0.29) is 29.6 Å². The minimum atomic E-state index is -0.780. The van der Waals surface area contributed by atoms with Gasteiger partial charge in [-0.1, -0.05) is 37.0 Å². The van der Waals surface area contributed by atoms with Crippen LogP contribution in [0.25, 0.3) is 0 Å². The highest BCUT2D eigenvalue weighted by Gasteiger charge is 2.30. The van der Waals surface area contributed by atoms with Gasteiger partial charge in [-0.25, -0.2) is 4.79 Å². The number of halogens is 2. The van der Waals surface area contributed by atoms with Gasteiger partial charge in [0.25, 0.3) is 0 Å². The van der Waals surface area contributed by atoms with E-state index in [1.54, 1.807) is 25.1 Å². The highest BCUT2D eigenvalue weighted by atomic mass is 35.5. The first kappa shape index (κ1) is 20.8. The molecule has 1 atom stereocenters. The fourth-order valence-electron chi connectivity index (χ4n) is 3.22. The molecule has 150 valence electrons. The van der Waals surface area contributed by atoms with Crippen molar-refractivity contribution in [3.8, 4) is 17.2 Å². The number of fused-ring (bicyclic) bond motifs is 2. The van der Waals surface area contributed by atoms with Crippen LogP contribution in [0.3, 0.4) is 0 Å². The number of benzene rings is 2. The van der Waals surface area contributed by atoms with Crippen molar-refractivity contribution in [2.45, 2.75) is 39.9 Å². The summed E-state index contributed by atoms with van der Waals surface area (Å²) in [5.41, 5.74) is 1.87. The molecule has 3 rings (SSSR count). The van der Waals surface area contributed by atoms with Gasteiger partial charge in [0.05, 0.1) is 23.8 Å². The van der Waals surface area contributed by atoms with Gasteiger partial charge in [0, 0.05) is 16.7 Å². The van der Waals surface area contributed by atoms with Gasteiger partial charge in [0.1, 0.15) is 29.4 Å². The zero-order valence-electron chi connectivity index (χ0n) is 16.1. The maximum Gasteiger partial charge on any atom is 0.346 e. The number of carbonyl (C=O) groups excluding carboxylic acids is 1. The quantitative estimate of drug-likeness (QED) is 0.623. The van der Waals surface area contributed by atoms with Crippen molar-refractivity contribution in [1.29, 1.82) is 0 Å². The van der Waals surface area contributed by atoms with Crippen LogP contribution in [-0.4, -0.2) is 18.2 Å². The van der Waals surface area contributed by atoms with Crippen LogP contribution in [0.15, 0.2) is 18.2 Å². The topological polar surface area (TPSA) is 65.0 Å².